The van der Waals surface area contributed by atoms with E-state index in [1.54, 1.807) is 16.8 Å². The summed E-state index contributed by atoms with van der Waals surface area (Å²) in [6, 6.07) is 6.00. The van der Waals surface area contributed by atoms with E-state index in [0.717, 1.165) is 17.0 Å². The predicted molar refractivity (Wildman–Crippen MR) is 114 cm³/mol. The monoisotopic (exact) mass is 429 g/mol. The smallest absolute Gasteiger partial charge is 0.252 e. The number of nitrogens with one attached hydrogen (secondary N) is 2. The molecule has 3 heterocycles. The number of nitrogens with two attached hydrogens (primary N) is 2. The second-order valence-corrected chi connectivity index (χ2v) is 7.35. The number of halogens is 1. The van der Waals surface area contributed by atoms with Gasteiger partial charge in [0.05, 0.1) is 30.2 Å². The molecule has 0 aliphatic carbocycles. The van der Waals surface area contributed by atoms with E-state index in [2.05, 4.69) is 20.7 Å². The Balaban J connectivity index is 1.69. The van der Waals surface area contributed by atoms with Crippen molar-refractivity contribution in [1.82, 2.24) is 14.8 Å². The van der Waals surface area contributed by atoms with Crippen LogP contribution in [0.1, 0.15) is 16.8 Å². The topological polar surface area (TPSA) is 142 Å². The number of rotatable bonds is 6. The third-order valence-electron chi connectivity index (χ3n) is 5.24. The Labute approximate surface area is 177 Å². The zero-order valence-corrected chi connectivity index (χ0v) is 17.2. The van der Waals surface area contributed by atoms with Crippen molar-refractivity contribution in [2.75, 3.05) is 31.0 Å². The Morgan fingerprint density at radius 3 is 2.87 bits per heavy atom. The van der Waals surface area contributed by atoms with Gasteiger partial charge in [-0.15, -0.1) is 5.10 Å². The molecule has 1 fully saturated rings. The number of aromatic nitrogens is 3. The van der Waals surface area contributed by atoms with Crippen LogP contribution >= 0.6 is 0 Å². The van der Waals surface area contributed by atoms with Crippen molar-refractivity contribution in [3.05, 3.63) is 35.6 Å². The van der Waals surface area contributed by atoms with Crippen molar-refractivity contribution in [3.63, 3.8) is 0 Å². The van der Waals surface area contributed by atoms with E-state index in [9.17, 15) is 9.18 Å². The highest BCUT2D eigenvalue weighted by molar-refractivity contribution is 5.99. The van der Waals surface area contributed by atoms with Crippen molar-refractivity contribution in [2.45, 2.75) is 18.5 Å². The first-order valence-corrected chi connectivity index (χ1v) is 9.75. The Kier molecular flexibility index (Phi) is 5.61. The van der Waals surface area contributed by atoms with Crippen LogP contribution in [0.4, 0.5) is 21.7 Å². The van der Waals surface area contributed by atoms with Gasteiger partial charge in [0.15, 0.2) is 11.6 Å². The maximum absolute atomic E-state index is 14.7. The number of primary amides is 1. The number of carbonyl (C=O) groups excluding carboxylic acids is 1. The van der Waals surface area contributed by atoms with E-state index in [4.69, 9.17) is 20.9 Å². The number of methoxy groups -OCH3 is 1. The van der Waals surface area contributed by atoms with Crippen LogP contribution in [0.25, 0.3) is 10.9 Å². The number of anilines is 3. The van der Waals surface area contributed by atoms with Gasteiger partial charge in [-0.05, 0) is 30.7 Å². The van der Waals surface area contributed by atoms with Crippen molar-refractivity contribution in [3.8, 4) is 5.88 Å². The fourth-order valence-corrected chi connectivity index (χ4v) is 3.59. The summed E-state index contributed by atoms with van der Waals surface area (Å²) in [5, 5.41) is 11.1. The molecule has 4 rings (SSSR count). The molecule has 1 aliphatic heterocycles. The lowest BCUT2D eigenvalue weighted by molar-refractivity contribution is 0.0751. The zero-order valence-electron chi connectivity index (χ0n) is 17.2. The summed E-state index contributed by atoms with van der Waals surface area (Å²) in [6.07, 6.45) is 0.611. The normalized spacial score (nSPS) is 18.7. The highest BCUT2D eigenvalue weighted by Crippen LogP contribution is 2.30. The third kappa shape index (κ3) is 4.09. The summed E-state index contributed by atoms with van der Waals surface area (Å²) in [6.45, 7) is 0.890. The van der Waals surface area contributed by atoms with E-state index in [1.165, 1.54) is 7.11 Å². The first-order valence-electron chi connectivity index (χ1n) is 9.75. The van der Waals surface area contributed by atoms with Gasteiger partial charge >= 0.3 is 0 Å². The minimum absolute atomic E-state index is 0.0186. The van der Waals surface area contributed by atoms with Gasteiger partial charge in [-0.1, -0.05) is 0 Å². The molecule has 1 saturated heterocycles. The minimum atomic E-state index is -0.803. The number of carbonyl (C=O) groups is 1. The fraction of sp³-hybridized carbons (Fsp3) is 0.350. The van der Waals surface area contributed by atoms with Crippen LogP contribution in [0.15, 0.2) is 24.3 Å². The molecule has 0 bridgehead atoms. The van der Waals surface area contributed by atoms with E-state index in [1.807, 2.05) is 13.1 Å². The van der Waals surface area contributed by atoms with Crippen LogP contribution < -0.4 is 26.8 Å². The van der Waals surface area contributed by atoms with Crippen molar-refractivity contribution in [2.24, 2.45) is 18.5 Å². The molecule has 0 saturated carbocycles. The molecule has 0 spiro atoms. The minimum Gasteiger partial charge on any atom is -0.479 e. The van der Waals surface area contributed by atoms with Gasteiger partial charge in [-0.25, -0.2) is 9.37 Å². The number of hydrogen-bond acceptors (Lipinski definition) is 8. The zero-order chi connectivity index (χ0) is 22.1. The number of fused-ring (bicyclic) bond motifs is 1. The number of ether oxygens (including phenoxy) is 2. The molecule has 164 valence electrons. The first kappa shape index (κ1) is 20.8. The molecule has 1 aromatic carbocycles. The Morgan fingerprint density at radius 1 is 1.35 bits per heavy atom. The molecule has 1 aliphatic rings. The standard InChI is InChI=1S/C20H24FN7O3/c1-28-16-4-3-10(7-11(16)20(27-28)30-2)24-18-12(17(23)29)8-13(21)19(26-18)25-15-5-6-31-9-14(15)22/h3-4,7-8,14-15H,5-6,9,22H2,1-2H3,(H2,23,29)(H2,24,25,26)/t14-,15+/m0/s1. The van der Waals surface area contributed by atoms with Crippen LogP contribution in [0.3, 0.4) is 0 Å². The summed E-state index contributed by atoms with van der Waals surface area (Å²) >= 11 is 0. The molecule has 0 unspecified atom stereocenters. The highest BCUT2D eigenvalue weighted by atomic mass is 19.1. The maximum atomic E-state index is 14.7. The van der Waals surface area contributed by atoms with Crippen molar-refractivity contribution >= 4 is 34.1 Å². The molecule has 2 aromatic heterocycles. The molecular formula is C20H24FN7O3. The molecule has 3 aromatic rings. The van der Waals surface area contributed by atoms with E-state index < -0.39 is 11.7 Å². The quantitative estimate of drug-likeness (QED) is 0.462. The lowest BCUT2D eigenvalue weighted by atomic mass is 10.0. The summed E-state index contributed by atoms with van der Waals surface area (Å²) in [7, 11) is 3.34. The molecule has 0 radical (unpaired) electrons. The molecule has 6 N–H and O–H groups in total. The lowest BCUT2D eigenvalue weighted by Crippen LogP contribution is -2.47. The lowest BCUT2D eigenvalue weighted by Gasteiger charge is -2.30. The number of hydrogen-bond donors (Lipinski definition) is 4. The summed E-state index contributed by atoms with van der Waals surface area (Å²) < 4.78 is 27.0. The van der Waals surface area contributed by atoms with E-state index in [-0.39, 0.29) is 29.3 Å². The van der Waals surface area contributed by atoms with Gasteiger partial charge in [-0.2, -0.15) is 0 Å². The number of benzene rings is 1. The number of nitrogens with zero attached hydrogens (tertiary/aromatic N) is 3. The van der Waals surface area contributed by atoms with Crippen LogP contribution in [0.5, 0.6) is 5.88 Å². The second-order valence-electron chi connectivity index (χ2n) is 7.35. The van der Waals surface area contributed by atoms with Gasteiger partial charge in [-0.3, -0.25) is 9.48 Å². The summed E-state index contributed by atoms with van der Waals surface area (Å²) in [5.41, 5.74) is 12.9. The maximum Gasteiger partial charge on any atom is 0.252 e. The summed E-state index contributed by atoms with van der Waals surface area (Å²) in [5.74, 6) is -0.931. The average molecular weight is 429 g/mol. The predicted octanol–water partition coefficient (Wildman–Crippen LogP) is 1.49. The van der Waals surface area contributed by atoms with Crippen molar-refractivity contribution in [1.29, 1.82) is 0 Å². The number of aryl methyl sites for hydroxylation is 1. The average Bonchev–Trinajstić information content (AvgIpc) is 3.06. The van der Waals surface area contributed by atoms with Crippen LogP contribution in [-0.4, -0.2) is 53.1 Å². The fourth-order valence-electron chi connectivity index (χ4n) is 3.59. The molecule has 1 amide bonds. The molecule has 10 nitrogen and oxygen atoms in total. The van der Waals surface area contributed by atoms with Gasteiger partial charge in [0.1, 0.15) is 5.82 Å². The Morgan fingerprint density at radius 2 is 2.16 bits per heavy atom. The molecule has 11 heteroatoms. The summed E-state index contributed by atoms with van der Waals surface area (Å²) in [4.78, 5) is 16.2. The van der Waals surface area contributed by atoms with Crippen molar-refractivity contribution < 1.29 is 18.7 Å². The van der Waals surface area contributed by atoms with Gasteiger partial charge in [0, 0.05) is 31.4 Å². The largest absolute Gasteiger partial charge is 0.479 e. The molecule has 2 atom stereocenters. The van der Waals surface area contributed by atoms with Crippen LogP contribution in [-0.2, 0) is 11.8 Å². The first-order chi connectivity index (χ1) is 14.9. The Bertz CT molecular complexity index is 1130. The second kappa shape index (κ2) is 8.36. The number of pyridine rings is 1. The molecular weight excluding hydrogens is 405 g/mol. The third-order valence-corrected chi connectivity index (χ3v) is 5.24. The van der Waals surface area contributed by atoms with Crippen LogP contribution in [0.2, 0.25) is 0 Å². The van der Waals surface area contributed by atoms with E-state index in [0.29, 0.717) is 31.2 Å². The van der Waals surface area contributed by atoms with Gasteiger partial charge in [0.2, 0.25) is 5.88 Å². The van der Waals surface area contributed by atoms with E-state index >= 15 is 0 Å². The molecule has 31 heavy (non-hydrogen) atoms. The Hall–Kier alpha value is -3.44. The van der Waals surface area contributed by atoms with Gasteiger partial charge < -0.3 is 31.6 Å². The van der Waals surface area contributed by atoms with Crippen LogP contribution in [0, 0.1) is 5.82 Å². The van der Waals surface area contributed by atoms with Gasteiger partial charge in [0.25, 0.3) is 5.91 Å². The number of amides is 1. The highest BCUT2D eigenvalue weighted by Gasteiger charge is 2.25. The SMILES string of the molecule is COc1nn(C)c2ccc(Nc3nc(N[C@@H]4CCOC[C@@H]4N)c(F)cc3C(N)=O)cc12.